The van der Waals surface area contributed by atoms with Crippen LogP contribution in [0.4, 0.5) is 5.69 Å². The molecule has 5 nitrogen and oxygen atoms in total. The van der Waals surface area contributed by atoms with Crippen molar-refractivity contribution in [3.63, 3.8) is 0 Å². The molecular weight excluding hydrogens is 326 g/mol. The highest BCUT2D eigenvalue weighted by Crippen LogP contribution is 2.24. The van der Waals surface area contributed by atoms with Gasteiger partial charge in [0.1, 0.15) is 0 Å². The maximum atomic E-state index is 11.9. The second kappa shape index (κ2) is 8.85. The van der Waals surface area contributed by atoms with Crippen LogP contribution in [-0.2, 0) is 22.4 Å². The number of halogens is 1. The van der Waals surface area contributed by atoms with Crippen molar-refractivity contribution in [2.45, 2.75) is 32.1 Å². The maximum Gasteiger partial charge on any atom is 0.228 e. The van der Waals surface area contributed by atoms with Gasteiger partial charge in [-0.25, -0.2) is 0 Å². The molecule has 3 N–H and O–H groups in total. The molecule has 3 rings (SSSR count). The van der Waals surface area contributed by atoms with E-state index in [9.17, 15) is 9.59 Å². The first-order chi connectivity index (χ1) is 11.2. The number of carbonyl (C=O) groups excluding carboxylic acids is 2. The van der Waals surface area contributed by atoms with Gasteiger partial charge in [-0.2, -0.15) is 0 Å². The summed E-state index contributed by atoms with van der Waals surface area (Å²) < 4.78 is 0. The van der Waals surface area contributed by atoms with Gasteiger partial charge >= 0.3 is 0 Å². The van der Waals surface area contributed by atoms with Crippen molar-refractivity contribution >= 4 is 29.9 Å². The van der Waals surface area contributed by atoms with Crippen LogP contribution < -0.4 is 16.0 Å². The summed E-state index contributed by atoms with van der Waals surface area (Å²) in [5, 5.41) is 9.09. The number of aryl methyl sites for hydroxylation is 1. The van der Waals surface area contributed by atoms with E-state index in [-0.39, 0.29) is 24.2 Å². The molecule has 0 radical (unpaired) electrons. The first kappa shape index (κ1) is 18.5. The zero-order chi connectivity index (χ0) is 16.1. The minimum atomic E-state index is 0. The van der Waals surface area contributed by atoms with E-state index < -0.39 is 0 Å². The molecule has 0 fully saturated rings. The monoisotopic (exact) mass is 349 g/mol. The lowest BCUT2D eigenvalue weighted by molar-refractivity contribution is -0.121. The van der Waals surface area contributed by atoms with E-state index in [1.54, 1.807) is 0 Å². The summed E-state index contributed by atoms with van der Waals surface area (Å²) in [6.45, 7) is 2.57. The number of carbonyl (C=O) groups is 2. The van der Waals surface area contributed by atoms with Crippen molar-refractivity contribution in [3.8, 4) is 0 Å². The Bertz CT molecular complexity index is 643. The molecule has 2 aliphatic heterocycles. The second-order valence-electron chi connectivity index (χ2n) is 6.16. The average Bonchev–Trinajstić information content (AvgIpc) is 2.93. The van der Waals surface area contributed by atoms with E-state index in [4.69, 9.17) is 0 Å². The Balaban J connectivity index is 0.00000208. The smallest absolute Gasteiger partial charge is 0.228 e. The molecule has 0 unspecified atom stereocenters. The lowest BCUT2D eigenvalue weighted by Gasteiger charge is -2.14. The minimum absolute atomic E-state index is 0. The van der Waals surface area contributed by atoms with E-state index in [1.165, 1.54) is 11.1 Å². The van der Waals surface area contributed by atoms with Crippen molar-refractivity contribution in [1.82, 2.24) is 10.6 Å². The fraction of sp³-hybridized carbons (Fsp3) is 0.444. The number of nitrogens with one attached hydrogen (secondary N) is 3. The van der Waals surface area contributed by atoms with Crippen LogP contribution in [0.25, 0.3) is 0 Å². The Morgan fingerprint density at radius 1 is 1.29 bits per heavy atom. The van der Waals surface area contributed by atoms with Crippen molar-refractivity contribution < 1.29 is 9.59 Å². The largest absolute Gasteiger partial charge is 0.352 e. The molecule has 0 atom stereocenters. The Hall–Kier alpha value is -1.85. The third kappa shape index (κ3) is 5.08. The molecule has 2 heterocycles. The fourth-order valence-corrected chi connectivity index (χ4v) is 3.02. The summed E-state index contributed by atoms with van der Waals surface area (Å²) in [7, 11) is 0. The zero-order valence-electron chi connectivity index (χ0n) is 13.7. The van der Waals surface area contributed by atoms with Gasteiger partial charge in [0.15, 0.2) is 0 Å². The van der Waals surface area contributed by atoms with Gasteiger partial charge < -0.3 is 16.0 Å². The molecule has 0 saturated carbocycles. The molecule has 24 heavy (non-hydrogen) atoms. The second-order valence-corrected chi connectivity index (χ2v) is 6.16. The topological polar surface area (TPSA) is 70.2 Å². The summed E-state index contributed by atoms with van der Waals surface area (Å²) in [5.74, 6) is 0.172. The van der Waals surface area contributed by atoms with Gasteiger partial charge in [-0.3, -0.25) is 9.59 Å². The molecular formula is C18H24ClN3O2. The number of hydrogen-bond acceptors (Lipinski definition) is 3. The highest BCUT2D eigenvalue weighted by Gasteiger charge is 2.17. The van der Waals surface area contributed by atoms with Crippen LogP contribution in [0, 0.1) is 0 Å². The molecule has 0 bridgehead atoms. The summed E-state index contributed by atoms with van der Waals surface area (Å²) in [5.41, 5.74) is 4.49. The molecule has 1 aromatic carbocycles. The third-order valence-corrected chi connectivity index (χ3v) is 4.33. The predicted octanol–water partition coefficient (Wildman–Crippen LogP) is 1.96. The number of benzene rings is 1. The molecule has 0 aliphatic carbocycles. The van der Waals surface area contributed by atoms with Gasteiger partial charge in [0.25, 0.3) is 0 Å². The SMILES string of the molecule is Cl.O=C(CCCc1ccc2c(c1)CC(=O)N2)NCC1=CCNCC1. The van der Waals surface area contributed by atoms with E-state index in [0.29, 0.717) is 19.4 Å². The van der Waals surface area contributed by atoms with E-state index >= 15 is 0 Å². The first-order valence-electron chi connectivity index (χ1n) is 8.28. The van der Waals surface area contributed by atoms with Gasteiger partial charge in [0.2, 0.25) is 11.8 Å². The van der Waals surface area contributed by atoms with Gasteiger partial charge in [-0.05, 0) is 43.0 Å². The molecule has 6 heteroatoms. The zero-order valence-corrected chi connectivity index (χ0v) is 14.5. The van der Waals surface area contributed by atoms with Crippen molar-refractivity contribution in [2.75, 3.05) is 25.0 Å². The molecule has 1 aromatic rings. The van der Waals surface area contributed by atoms with E-state index in [2.05, 4.69) is 28.1 Å². The van der Waals surface area contributed by atoms with E-state index in [0.717, 1.165) is 43.6 Å². The van der Waals surface area contributed by atoms with Crippen LogP contribution >= 0.6 is 12.4 Å². The van der Waals surface area contributed by atoms with Crippen LogP contribution in [0.3, 0.4) is 0 Å². The number of hydrogen-bond donors (Lipinski definition) is 3. The highest BCUT2D eigenvalue weighted by molar-refractivity contribution is 5.99. The van der Waals surface area contributed by atoms with Gasteiger partial charge in [-0.15, -0.1) is 12.4 Å². The Morgan fingerprint density at radius 3 is 2.96 bits per heavy atom. The van der Waals surface area contributed by atoms with Gasteiger partial charge in [0, 0.05) is 25.2 Å². The number of rotatable bonds is 6. The Kier molecular flexibility index (Phi) is 6.82. The average molecular weight is 350 g/mol. The van der Waals surface area contributed by atoms with Crippen LogP contribution in [0.2, 0.25) is 0 Å². The molecule has 0 spiro atoms. The number of fused-ring (bicyclic) bond motifs is 1. The normalized spacial score (nSPS) is 15.8. The number of anilines is 1. The maximum absolute atomic E-state index is 11.9. The molecule has 2 aliphatic rings. The van der Waals surface area contributed by atoms with Crippen molar-refractivity contribution in [2.24, 2.45) is 0 Å². The quantitative estimate of drug-likeness (QED) is 0.688. The minimum Gasteiger partial charge on any atom is -0.352 e. The molecule has 0 aromatic heterocycles. The van der Waals surface area contributed by atoms with Crippen molar-refractivity contribution in [3.05, 3.63) is 41.0 Å². The summed E-state index contributed by atoms with van der Waals surface area (Å²) in [6.07, 6.45) is 5.87. The van der Waals surface area contributed by atoms with Gasteiger partial charge in [0.05, 0.1) is 6.42 Å². The van der Waals surface area contributed by atoms with Crippen LogP contribution in [-0.4, -0.2) is 31.4 Å². The number of amides is 2. The highest BCUT2D eigenvalue weighted by atomic mass is 35.5. The van der Waals surface area contributed by atoms with Crippen LogP contribution in [0.5, 0.6) is 0 Å². The summed E-state index contributed by atoms with van der Waals surface area (Å²) in [4.78, 5) is 23.2. The Labute approximate surface area is 148 Å². The fourth-order valence-electron chi connectivity index (χ4n) is 3.02. The van der Waals surface area contributed by atoms with Crippen molar-refractivity contribution in [1.29, 1.82) is 0 Å². The lowest BCUT2D eigenvalue weighted by atomic mass is 10.0. The van der Waals surface area contributed by atoms with Gasteiger partial charge in [-0.1, -0.05) is 23.8 Å². The third-order valence-electron chi connectivity index (χ3n) is 4.33. The molecule has 2 amide bonds. The predicted molar refractivity (Wildman–Crippen MR) is 97.5 cm³/mol. The molecule has 0 saturated heterocycles. The van der Waals surface area contributed by atoms with Crippen LogP contribution in [0.15, 0.2) is 29.8 Å². The first-order valence-corrected chi connectivity index (χ1v) is 8.28. The Morgan fingerprint density at radius 2 is 2.17 bits per heavy atom. The summed E-state index contributed by atoms with van der Waals surface area (Å²) in [6, 6.07) is 6.06. The lowest BCUT2D eigenvalue weighted by Crippen LogP contribution is -2.29. The standard InChI is InChI=1S/C18H23N3O2.ClH/c22-17(20-12-14-6-8-19-9-7-14)3-1-2-13-4-5-16-15(10-13)11-18(23)21-16;/h4-6,10,19H,1-3,7-9,11-12H2,(H,20,22)(H,21,23);1H. The van der Waals surface area contributed by atoms with Crippen LogP contribution in [0.1, 0.15) is 30.4 Å². The van der Waals surface area contributed by atoms with E-state index in [1.807, 2.05) is 12.1 Å². The molecule has 130 valence electrons. The summed E-state index contributed by atoms with van der Waals surface area (Å²) >= 11 is 0.